The first kappa shape index (κ1) is 18.7. The van der Waals surface area contributed by atoms with Crippen molar-refractivity contribution >= 4 is 18.3 Å². The van der Waals surface area contributed by atoms with Crippen molar-refractivity contribution in [2.45, 2.75) is 39.0 Å². The summed E-state index contributed by atoms with van der Waals surface area (Å²) in [6.07, 6.45) is 0.0529. The molecule has 1 aromatic rings. The van der Waals surface area contributed by atoms with Crippen LogP contribution < -0.4 is 15.4 Å². The number of nitrogens with one attached hydrogen (secondary N) is 2. The molecule has 1 amide bonds. The van der Waals surface area contributed by atoms with Crippen LogP contribution in [0.3, 0.4) is 0 Å². The number of hydrogen-bond acceptors (Lipinski definition) is 4. The number of rotatable bonds is 6. The van der Waals surface area contributed by atoms with Gasteiger partial charge < -0.3 is 20.5 Å². The second kappa shape index (κ2) is 8.98. The van der Waals surface area contributed by atoms with Crippen molar-refractivity contribution in [2.24, 2.45) is 5.92 Å². The number of halogens is 1. The Hall–Kier alpha value is -1.30. The maximum atomic E-state index is 11.9. The van der Waals surface area contributed by atoms with Crippen LogP contribution in [0.25, 0.3) is 0 Å². The topological polar surface area (TPSA) is 70.6 Å². The molecule has 1 fully saturated rings. The van der Waals surface area contributed by atoms with Crippen molar-refractivity contribution in [2.75, 3.05) is 13.2 Å². The van der Waals surface area contributed by atoms with Gasteiger partial charge in [0.2, 0.25) is 5.91 Å². The van der Waals surface area contributed by atoms with E-state index in [2.05, 4.69) is 24.5 Å². The lowest BCUT2D eigenvalue weighted by molar-refractivity contribution is -0.123. The molecule has 2 atom stereocenters. The summed E-state index contributed by atoms with van der Waals surface area (Å²) in [5.74, 6) is 1.23. The third kappa shape index (κ3) is 5.83. The van der Waals surface area contributed by atoms with Gasteiger partial charge in [-0.3, -0.25) is 4.79 Å². The zero-order chi connectivity index (χ0) is 15.2. The summed E-state index contributed by atoms with van der Waals surface area (Å²) >= 11 is 0. The lowest BCUT2D eigenvalue weighted by atomic mass is 10.1. The predicted molar refractivity (Wildman–Crippen MR) is 88.3 cm³/mol. The van der Waals surface area contributed by atoms with Crippen LogP contribution in [0.5, 0.6) is 5.75 Å². The molecule has 5 nitrogen and oxygen atoms in total. The van der Waals surface area contributed by atoms with Crippen LogP contribution in [0.2, 0.25) is 0 Å². The molecule has 6 heteroatoms. The fourth-order valence-electron chi connectivity index (χ4n) is 2.24. The van der Waals surface area contributed by atoms with Crippen molar-refractivity contribution in [3.8, 4) is 5.75 Å². The third-order valence-corrected chi connectivity index (χ3v) is 3.37. The van der Waals surface area contributed by atoms with E-state index in [1.165, 1.54) is 0 Å². The van der Waals surface area contributed by atoms with E-state index in [0.717, 1.165) is 11.3 Å². The smallest absolute Gasteiger partial charge is 0.237 e. The molecule has 1 aliphatic rings. The Labute approximate surface area is 137 Å². The van der Waals surface area contributed by atoms with E-state index < -0.39 is 6.10 Å². The summed E-state index contributed by atoms with van der Waals surface area (Å²) in [6, 6.07) is 7.46. The van der Waals surface area contributed by atoms with Crippen LogP contribution in [-0.2, 0) is 11.3 Å². The molecule has 2 rings (SSSR count). The number of β-amino-alcohol motifs (C(OH)–C–C–N with tert-alkyl or cyclic N) is 1. The highest BCUT2D eigenvalue weighted by Crippen LogP contribution is 2.14. The summed E-state index contributed by atoms with van der Waals surface area (Å²) in [5, 5.41) is 15.3. The summed E-state index contributed by atoms with van der Waals surface area (Å²) in [4.78, 5) is 11.9. The van der Waals surface area contributed by atoms with Gasteiger partial charge in [-0.15, -0.1) is 12.4 Å². The second-order valence-corrected chi connectivity index (χ2v) is 5.92. The number of ether oxygens (including phenoxy) is 1. The van der Waals surface area contributed by atoms with Crippen molar-refractivity contribution in [1.29, 1.82) is 0 Å². The fraction of sp³-hybridized carbons (Fsp3) is 0.562. The van der Waals surface area contributed by atoms with E-state index in [9.17, 15) is 9.90 Å². The van der Waals surface area contributed by atoms with Crippen molar-refractivity contribution in [3.05, 3.63) is 29.8 Å². The molecule has 124 valence electrons. The summed E-state index contributed by atoms with van der Waals surface area (Å²) < 4.78 is 5.67. The molecule has 3 N–H and O–H groups in total. The maximum Gasteiger partial charge on any atom is 0.237 e. The molecule has 0 saturated carbocycles. The van der Waals surface area contributed by atoms with Gasteiger partial charge in [-0.1, -0.05) is 26.0 Å². The number of carbonyl (C=O) groups excluding carboxylic acids is 1. The molecule has 0 spiro atoms. The van der Waals surface area contributed by atoms with Gasteiger partial charge in [-0.25, -0.2) is 0 Å². The largest absolute Gasteiger partial charge is 0.493 e. The highest BCUT2D eigenvalue weighted by Gasteiger charge is 2.27. The molecule has 0 aromatic heterocycles. The first-order valence-corrected chi connectivity index (χ1v) is 7.45. The van der Waals surface area contributed by atoms with E-state index in [4.69, 9.17) is 4.74 Å². The van der Waals surface area contributed by atoms with E-state index in [0.29, 0.717) is 32.0 Å². The Kier molecular flexibility index (Phi) is 7.65. The van der Waals surface area contributed by atoms with Crippen LogP contribution >= 0.6 is 12.4 Å². The van der Waals surface area contributed by atoms with Crippen LogP contribution in [0.15, 0.2) is 24.3 Å². The molecular formula is C16H25ClN2O3. The minimum absolute atomic E-state index is 0. The Morgan fingerprint density at radius 3 is 2.91 bits per heavy atom. The van der Waals surface area contributed by atoms with E-state index in [-0.39, 0.29) is 24.4 Å². The van der Waals surface area contributed by atoms with Crippen LogP contribution in [-0.4, -0.2) is 36.3 Å². The number of benzene rings is 1. The number of carbonyl (C=O) groups is 1. The van der Waals surface area contributed by atoms with Gasteiger partial charge in [0, 0.05) is 13.1 Å². The predicted octanol–water partition coefficient (Wildman–Crippen LogP) is 1.48. The van der Waals surface area contributed by atoms with Crippen molar-refractivity contribution < 1.29 is 14.6 Å². The summed E-state index contributed by atoms with van der Waals surface area (Å²) in [7, 11) is 0. The highest BCUT2D eigenvalue weighted by molar-refractivity contribution is 5.85. The van der Waals surface area contributed by atoms with Gasteiger partial charge in [-0.05, 0) is 30.0 Å². The molecule has 1 saturated heterocycles. The highest BCUT2D eigenvalue weighted by atomic mass is 35.5. The molecule has 1 heterocycles. The Bertz CT molecular complexity index is 482. The maximum absolute atomic E-state index is 11.9. The molecule has 22 heavy (non-hydrogen) atoms. The molecule has 0 radical (unpaired) electrons. The van der Waals surface area contributed by atoms with Crippen LogP contribution in [0, 0.1) is 5.92 Å². The van der Waals surface area contributed by atoms with Crippen LogP contribution in [0.4, 0.5) is 0 Å². The molecule has 1 aromatic carbocycles. The van der Waals surface area contributed by atoms with E-state index in [1.54, 1.807) is 0 Å². The van der Waals surface area contributed by atoms with Gasteiger partial charge in [-0.2, -0.15) is 0 Å². The summed E-state index contributed by atoms with van der Waals surface area (Å²) in [5.41, 5.74) is 1.00. The molecule has 1 aliphatic heterocycles. The number of amides is 1. The Morgan fingerprint density at radius 2 is 2.27 bits per heavy atom. The zero-order valence-corrected chi connectivity index (χ0v) is 13.9. The zero-order valence-electron chi connectivity index (χ0n) is 13.0. The van der Waals surface area contributed by atoms with Gasteiger partial charge in [0.1, 0.15) is 5.75 Å². The quantitative estimate of drug-likeness (QED) is 0.740. The molecule has 0 aliphatic carbocycles. The lowest BCUT2D eigenvalue weighted by Crippen LogP contribution is -2.39. The Morgan fingerprint density at radius 1 is 1.50 bits per heavy atom. The normalized spacial score (nSPS) is 20.5. The fourth-order valence-corrected chi connectivity index (χ4v) is 2.24. The molecule has 0 bridgehead atoms. The average Bonchev–Trinajstić information content (AvgIpc) is 2.90. The van der Waals surface area contributed by atoms with E-state index >= 15 is 0 Å². The monoisotopic (exact) mass is 328 g/mol. The third-order valence-electron chi connectivity index (χ3n) is 3.37. The standard InChI is InChI=1S/C16H24N2O3.ClH/c1-11(2)10-21-14-5-3-4-12(6-14)8-18-16(20)15-7-13(19)9-17-15;/h3-6,11,13,15,17,19H,7-10H2,1-2H3,(H,18,20);1H. The van der Waals surface area contributed by atoms with E-state index in [1.807, 2.05) is 24.3 Å². The average molecular weight is 329 g/mol. The Balaban J connectivity index is 0.00000242. The number of aliphatic hydroxyl groups is 1. The number of hydrogen-bond donors (Lipinski definition) is 3. The summed E-state index contributed by atoms with van der Waals surface area (Å²) in [6.45, 7) is 5.84. The minimum atomic E-state index is -0.423. The van der Waals surface area contributed by atoms with Crippen LogP contribution in [0.1, 0.15) is 25.8 Å². The first-order chi connectivity index (χ1) is 10.0. The van der Waals surface area contributed by atoms with Crippen molar-refractivity contribution in [1.82, 2.24) is 10.6 Å². The molecular weight excluding hydrogens is 304 g/mol. The minimum Gasteiger partial charge on any atom is -0.493 e. The number of aliphatic hydroxyl groups excluding tert-OH is 1. The van der Waals surface area contributed by atoms with Gasteiger partial charge in [0.25, 0.3) is 0 Å². The van der Waals surface area contributed by atoms with Crippen molar-refractivity contribution in [3.63, 3.8) is 0 Å². The lowest BCUT2D eigenvalue weighted by Gasteiger charge is -2.12. The second-order valence-electron chi connectivity index (χ2n) is 5.92. The SMILES string of the molecule is CC(C)COc1cccc(CNC(=O)C2CC(O)CN2)c1.Cl. The van der Waals surface area contributed by atoms with Gasteiger partial charge in [0.15, 0.2) is 0 Å². The first-order valence-electron chi connectivity index (χ1n) is 7.45. The van der Waals surface area contributed by atoms with Gasteiger partial charge >= 0.3 is 0 Å². The van der Waals surface area contributed by atoms with Gasteiger partial charge in [0.05, 0.1) is 18.8 Å². The molecule has 2 unspecified atom stereocenters.